The first-order valence-electron chi connectivity index (χ1n) is 12.1. The van der Waals surface area contributed by atoms with Crippen LogP contribution in [0.15, 0.2) is 12.1 Å². The Hall–Kier alpha value is -2.39. The van der Waals surface area contributed by atoms with Gasteiger partial charge < -0.3 is 29.7 Å². The van der Waals surface area contributed by atoms with Gasteiger partial charge in [-0.1, -0.05) is 13.0 Å². The van der Waals surface area contributed by atoms with E-state index in [0.29, 0.717) is 19.6 Å². The summed E-state index contributed by atoms with van der Waals surface area (Å²) in [5.41, 5.74) is 1.66. The standard InChI is InChI=1S/C25H44N4O5/c1-8-19-12-13-20(27-22(19)26-5)11-9-10-15-29(17-18-32-6)16-14-21(23(30)33-7)28-24(31)34-25(2,3)4/h12-13,21H,8-11,14-18H2,1-7H3,(H,26,27)(H,28,31). The average molecular weight is 481 g/mol. The normalized spacial score (nSPS) is 12.4. The van der Waals surface area contributed by atoms with Crippen molar-refractivity contribution in [1.82, 2.24) is 15.2 Å². The highest BCUT2D eigenvalue weighted by atomic mass is 16.6. The lowest BCUT2D eigenvalue weighted by atomic mass is 10.1. The molecule has 0 fully saturated rings. The number of hydrogen-bond acceptors (Lipinski definition) is 8. The maximum Gasteiger partial charge on any atom is 0.408 e. The number of nitrogens with zero attached hydrogens (tertiary/aromatic N) is 2. The summed E-state index contributed by atoms with van der Waals surface area (Å²) in [5, 5.41) is 5.81. The van der Waals surface area contributed by atoms with Crippen LogP contribution in [-0.2, 0) is 31.8 Å². The molecule has 9 heteroatoms. The molecule has 1 aromatic rings. The minimum atomic E-state index is -0.772. The van der Waals surface area contributed by atoms with E-state index < -0.39 is 23.7 Å². The van der Waals surface area contributed by atoms with Gasteiger partial charge in [0.15, 0.2) is 0 Å². The van der Waals surface area contributed by atoms with E-state index in [1.165, 1.54) is 12.7 Å². The second-order valence-corrected chi connectivity index (χ2v) is 9.22. The number of esters is 1. The lowest BCUT2D eigenvalue weighted by molar-refractivity contribution is -0.143. The van der Waals surface area contributed by atoms with E-state index in [-0.39, 0.29) is 0 Å². The fourth-order valence-corrected chi connectivity index (χ4v) is 3.52. The smallest absolute Gasteiger partial charge is 0.408 e. The maximum atomic E-state index is 12.2. The Bertz CT molecular complexity index is 751. The fraction of sp³-hybridized carbons (Fsp3) is 0.720. The van der Waals surface area contributed by atoms with Crippen LogP contribution in [-0.4, -0.2) is 81.1 Å². The molecule has 0 bridgehead atoms. The van der Waals surface area contributed by atoms with E-state index in [1.807, 2.05) is 7.05 Å². The number of pyridine rings is 1. The highest BCUT2D eigenvalue weighted by Gasteiger charge is 2.25. The summed E-state index contributed by atoms with van der Waals surface area (Å²) in [6, 6.07) is 3.47. The summed E-state index contributed by atoms with van der Waals surface area (Å²) in [6.45, 7) is 10.3. The number of aromatic nitrogens is 1. The van der Waals surface area contributed by atoms with Crippen molar-refractivity contribution >= 4 is 17.9 Å². The predicted molar refractivity (Wildman–Crippen MR) is 134 cm³/mol. The monoisotopic (exact) mass is 480 g/mol. The Morgan fingerprint density at radius 1 is 1.12 bits per heavy atom. The van der Waals surface area contributed by atoms with Crippen LogP contribution in [0.2, 0.25) is 0 Å². The first-order valence-corrected chi connectivity index (χ1v) is 12.1. The van der Waals surface area contributed by atoms with Crippen molar-refractivity contribution in [3.63, 3.8) is 0 Å². The number of hydrogen-bond donors (Lipinski definition) is 2. The molecule has 1 unspecified atom stereocenters. The Kier molecular flexibility index (Phi) is 13.5. The van der Waals surface area contributed by atoms with Crippen LogP contribution in [0, 0.1) is 0 Å². The number of nitrogens with one attached hydrogen (secondary N) is 2. The third-order valence-electron chi connectivity index (χ3n) is 5.33. The fourth-order valence-electron chi connectivity index (χ4n) is 3.52. The first kappa shape index (κ1) is 29.6. The molecule has 1 amide bonds. The second kappa shape index (κ2) is 15.5. The number of ether oxygens (including phenoxy) is 3. The molecule has 194 valence electrons. The van der Waals surface area contributed by atoms with Gasteiger partial charge in [-0.3, -0.25) is 0 Å². The van der Waals surface area contributed by atoms with Gasteiger partial charge >= 0.3 is 12.1 Å². The molecule has 9 nitrogen and oxygen atoms in total. The zero-order chi connectivity index (χ0) is 25.6. The van der Waals surface area contributed by atoms with Gasteiger partial charge in [0.05, 0.1) is 13.7 Å². The van der Waals surface area contributed by atoms with Gasteiger partial charge in [-0.2, -0.15) is 0 Å². The van der Waals surface area contributed by atoms with E-state index in [9.17, 15) is 9.59 Å². The first-order chi connectivity index (χ1) is 16.1. The molecule has 0 aromatic carbocycles. The number of amides is 1. The molecule has 34 heavy (non-hydrogen) atoms. The predicted octanol–water partition coefficient (Wildman–Crippen LogP) is 3.41. The molecule has 0 saturated heterocycles. The number of unbranched alkanes of at least 4 members (excludes halogenated alkanes) is 1. The number of anilines is 1. The topological polar surface area (TPSA) is 102 Å². The molecule has 1 rings (SSSR count). The number of carbonyl (C=O) groups is 2. The summed E-state index contributed by atoms with van der Waals surface area (Å²) < 4.78 is 15.4. The molecule has 0 saturated carbocycles. The van der Waals surface area contributed by atoms with Crippen LogP contribution in [0.4, 0.5) is 10.6 Å². The molecule has 0 radical (unpaired) electrons. The van der Waals surface area contributed by atoms with Gasteiger partial charge in [-0.05, 0) is 71.0 Å². The number of alkyl carbamates (subject to hydrolysis) is 1. The van der Waals surface area contributed by atoms with Crippen molar-refractivity contribution in [3.05, 3.63) is 23.4 Å². The Labute approximate surface area is 204 Å². The van der Waals surface area contributed by atoms with Gasteiger partial charge in [0, 0.05) is 32.9 Å². The van der Waals surface area contributed by atoms with Crippen LogP contribution >= 0.6 is 0 Å². The van der Waals surface area contributed by atoms with E-state index in [4.69, 9.17) is 19.2 Å². The minimum absolute atomic E-state index is 0.418. The van der Waals surface area contributed by atoms with Gasteiger partial charge in [0.1, 0.15) is 17.5 Å². The summed E-state index contributed by atoms with van der Waals surface area (Å²) in [4.78, 5) is 31.3. The molecule has 1 heterocycles. The van der Waals surface area contributed by atoms with Gasteiger partial charge in [0.25, 0.3) is 0 Å². The summed E-state index contributed by atoms with van der Waals surface area (Å²) in [7, 11) is 4.89. The number of methoxy groups -OCH3 is 2. The summed E-state index contributed by atoms with van der Waals surface area (Å²) in [6.07, 6.45) is 3.63. The van der Waals surface area contributed by atoms with Crippen LogP contribution in [0.25, 0.3) is 0 Å². The Morgan fingerprint density at radius 3 is 2.44 bits per heavy atom. The van der Waals surface area contributed by atoms with E-state index >= 15 is 0 Å². The Morgan fingerprint density at radius 2 is 1.85 bits per heavy atom. The second-order valence-electron chi connectivity index (χ2n) is 9.22. The van der Waals surface area contributed by atoms with Crippen LogP contribution in [0.3, 0.4) is 0 Å². The van der Waals surface area contributed by atoms with Crippen molar-refractivity contribution in [2.45, 2.75) is 71.4 Å². The molecule has 0 aliphatic carbocycles. The quantitative estimate of drug-likeness (QED) is 0.291. The average Bonchev–Trinajstić information content (AvgIpc) is 2.79. The maximum absolute atomic E-state index is 12.2. The number of carbonyl (C=O) groups excluding carboxylic acids is 2. The van der Waals surface area contributed by atoms with Gasteiger partial charge in [0.2, 0.25) is 0 Å². The zero-order valence-electron chi connectivity index (χ0n) is 22.0. The molecule has 0 aliphatic heterocycles. The molecular formula is C25H44N4O5. The minimum Gasteiger partial charge on any atom is -0.467 e. The van der Waals surface area contributed by atoms with Crippen molar-refractivity contribution in [2.24, 2.45) is 0 Å². The van der Waals surface area contributed by atoms with Crippen molar-refractivity contribution < 1.29 is 23.8 Å². The largest absolute Gasteiger partial charge is 0.467 e. The lowest BCUT2D eigenvalue weighted by Crippen LogP contribution is -2.46. The highest BCUT2D eigenvalue weighted by Crippen LogP contribution is 2.15. The number of rotatable bonds is 15. The SMILES string of the molecule is CCc1ccc(CCCCN(CCOC)CCC(NC(=O)OC(C)(C)C)C(=O)OC)nc1NC. The van der Waals surface area contributed by atoms with Crippen molar-refractivity contribution in [3.8, 4) is 0 Å². The van der Waals surface area contributed by atoms with Crippen molar-refractivity contribution in [1.29, 1.82) is 0 Å². The summed E-state index contributed by atoms with van der Waals surface area (Å²) in [5.74, 6) is 0.465. The zero-order valence-corrected chi connectivity index (χ0v) is 22.0. The molecule has 1 aromatic heterocycles. The van der Waals surface area contributed by atoms with Gasteiger partial charge in [-0.25, -0.2) is 14.6 Å². The molecule has 2 N–H and O–H groups in total. The molecule has 1 atom stereocenters. The summed E-state index contributed by atoms with van der Waals surface area (Å²) >= 11 is 0. The highest BCUT2D eigenvalue weighted by molar-refractivity contribution is 5.81. The van der Waals surface area contributed by atoms with Crippen LogP contribution in [0.5, 0.6) is 0 Å². The lowest BCUT2D eigenvalue weighted by Gasteiger charge is -2.26. The van der Waals surface area contributed by atoms with Crippen LogP contribution < -0.4 is 10.6 Å². The van der Waals surface area contributed by atoms with Gasteiger partial charge in [-0.15, -0.1) is 0 Å². The third kappa shape index (κ3) is 11.7. The van der Waals surface area contributed by atoms with E-state index in [0.717, 1.165) is 50.3 Å². The third-order valence-corrected chi connectivity index (χ3v) is 5.33. The van der Waals surface area contributed by atoms with E-state index in [1.54, 1.807) is 27.9 Å². The number of aryl methyl sites for hydroxylation is 2. The van der Waals surface area contributed by atoms with Crippen LogP contribution in [0.1, 0.15) is 58.2 Å². The molecule has 0 spiro atoms. The molecular weight excluding hydrogens is 436 g/mol. The Balaban J connectivity index is 2.61. The van der Waals surface area contributed by atoms with Crippen molar-refractivity contribution in [2.75, 3.05) is 52.8 Å². The molecule has 0 aliphatic rings. The van der Waals surface area contributed by atoms with E-state index in [2.05, 4.69) is 34.6 Å².